The zero-order chi connectivity index (χ0) is 20.8. The topological polar surface area (TPSA) is 141 Å². The van der Waals surface area contributed by atoms with Gasteiger partial charge in [0.1, 0.15) is 12.4 Å². The Hall–Kier alpha value is -2.52. The number of carbonyl (C=O) groups excluding carboxylic acids is 2. The Kier molecular flexibility index (Phi) is 14.1. The first-order chi connectivity index (χ1) is 13.4. The lowest BCUT2D eigenvalue weighted by Gasteiger charge is -1.95. The number of aldehydes is 1. The molecule has 0 aliphatic heterocycles. The van der Waals surface area contributed by atoms with Crippen LogP contribution in [0.5, 0.6) is 0 Å². The van der Waals surface area contributed by atoms with Crippen molar-refractivity contribution in [2.45, 2.75) is 58.0 Å². The summed E-state index contributed by atoms with van der Waals surface area (Å²) in [7, 11) is 0. The summed E-state index contributed by atoms with van der Waals surface area (Å²) in [4.78, 5) is 20.0. The van der Waals surface area contributed by atoms with Crippen LogP contribution >= 0.6 is 0 Å². The van der Waals surface area contributed by atoms with Gasteiger partial charge in [-0.1, -0.05) is 13.5 Å². The van der Waals surface area contributed by atoms with E-state index in [2.05, 4.69) is 4.42 Å². The third kappa shape index (κ3) is 12.5. The molecule has 164 valence electrons. The van der Waals surface area contributed by atoms with Crippen LogP contribution in [0.2, 0.25) is 0 Å². The number of aliphatic hydroxyl groups excluding tert-OH is 4. The fraction of sp³-hybridized carbons (Fsp3) is 0.429. The molecule has 0 amide bonds. The SMILES string of the molecule is C.O=C1C=CC(O)C1.O=Cc1ccco1.OC1CCC(O)C1.OCc1ccco1.[H+].[HH]. The lowest BCUT2D eigenvalue weighted by atomic mass is 10.3. The number of rotatable bonds is 2. The maximum atomic E-state index is 10.2. The summed E-state index contributed by atoms with van der Waals surface area (Å²) in [5.74, 6) is 1.01. The van der Waals surface area contributed by atoms with E-state index in [0.717, 1.165) is 12.8 Å². The molecule has 1 fully saturated rings. The van der Waals surface area contributed by atoms with Gasteiger partial charge in [-0.15, -0.1) is 0 Å². The average molecular weight is 413 g/mol. The van der Waals surface area contributed by atoms with Crippen LogP contribution in [-0.2, 0) is 11.4 Å². The number of allylic oxidation sites excluding steroid dienone is 1. The average Bonchev–Trinajstić information content (AvgIpc) is 3.46. The summed E-state index contributed by atoms with van der Waals surface area (Å²) in [6.45, 7) is -0.00694. The van der Waals surface area contributed by atoms with Gasteiger partial charge >= 0.3 is 1.43 Å². The van der Waals surface area contributed by atoms with Crippen LogP contribution in [0.1, 0.15) is 52.3 Å². The second-order valence-corrected chi connectivity index (χ2v) is 6.09. The first-order valence-electron chi connectivity index (χ1n) is 8.81. The number of aliphatic hydroxyl groups is 4. The minimum atomic E-state index is -0.507. The molecule has 0 bridgehead atoms. The van der Waals surface area contributed by atoms with E-state index in [4.69, 9.17) is 24.8 Å². The van der Waals surface area contributed by atoms with Crippen LogP contribution in [0, 0.1) is 0 Å². The molecule has 0 saturated heterocycles. The molecule has 29 heavy (non-hydrogen) atoms. The molecular formula is C21H33O8+. The van der Waals surface area contributed by atoms with E-state index in [1.165, 1.54) is 24.7 Å². The molecule has 0 aromatic carbocycles. The number of furan rings is 2. The second-order valence-electron chi connectivity index (χ2n) is 6.09. The molecule has 2 heterocycles. The molecule has 3 atom stereocenters. The first-order valence-corrected chi connectivity index (χ1v) is 8.81. The van der Waals surface area contributed by atoms with E-state index in [1.807, 2.05) is 0 Å². The highest BCUT2D eigenvalue weighted by atomic mass is 16.4. The Morgan fingerprint density at radius 2 is 1.72 bits per heavy atom. The fourth-order valence-electron chi connectivity index (χ4n) is 2.26. The van der Waals surface area contributed by atoms with Gasteiger partial charge in [-0.3, -0.25) is 9.59 Å². The van der Waals surface area contributed by atoms with E-state index in [0.29, 0.717) is 24.2 Å². The van der Waals surface area contributed by atoms with Crippen molar-refractivity contribution in [3.05, 3.63) is 60.5 Å². The first kappa shape index (κ1) is 26.5. The maximum absolute atomic E-state index is 10.2. The van der Waals surface area contributed by atoms with Gasteiger partial charge in [0.25, 0.3) is 0 Å². The Bertz CT molecular complexity index is 678. The second kappa shape index (κ2) is 15.4. The highest BCUT2D eigenvalue weighted by Gasteiger charge is 2.19. The fourth-order valence-corrected chi connectivity index (χ4v) is 2.26. The third-order valence-electron chi connectivity index (χ3n) is 3.69. The van der Waals surface area contributed by atoms with Crippen molar-refractivity contribution in [3.63, 3.8) is 0 Å². The molecule has 2 aromatic rings. The van der Waals surface area contributed by atoms with Crippen LogP contribution in [0.15, 0.2) is 57.8 Å². The summed E-state index contributed by atoms with van der Waals surface area (Å²) < 4.78 is 9.35. The smallest absolute Gasteiger partial charge is 0.467 e. The molecule has 4 N–H and O–H groups in total. The van der Waals surface area contributed by atoms with Gasteiger partial charge in [-0.05, 0) is 49.6 Å². The van der Waals surface area contributed by atoms with Gasteiger partial charge in [0.2, 0.25) is 0 Å². The monoisotopic (exact) mass is 413 g/mol. The summed E-state index contributed by atoms with van der Waals surface area (Å²) in [5.41, 5.74) is 0. The molecule has 0 radical (unpaired) electrons. The van der Waals surface area contributed by atoms with Crippen molar-refractivity contribution in [3.8, 4) is 0 Å². The van der Waals surface area contributed by atoms with Crippen LogP contribution in [0.4, 0.5) is 0 Å². The van der Waals surface area contributed by atoms with Gasteiger partial charge in [0.05, 0.1) is 30.8 Å². The summed E-state index contributed by atoms with van der Waals surface area (Å²) in [5, 5.41) is 34.4. The Morgan fingerprint density at radius 1 is 1.10 bits per heavy atom. The van der Waals surface area contributed by atoms with Crippen molar-refractivity contribution in [2.75, 3.05) is 0 Å². The highest BCUT2D eigenvalue weighted by molar-refractivity contribution is 5.92. The lowest BCUT2D eigenvalue weighted by Crippen LogP contribution is -2.02. The molecule has 1 saturated carbocycles. The van der Waals surface area contributed by atoms with E-state index in [9.17, 15) is 9.59 Å². The van der Waals surface area contributed by atoms with E-state index in [-0.39, 0.29) is 41.3 Å². The predicted octanol–water partition coefficient (Wildman–Crippen LogP) is 2.63. The van der Waals surface area contributed by atoms with Crippen molar-refractivity contribution in [2.24, 2.45) is 0 Å². The van der Waals surface area contributed by atoms with Crippen LogP contribution in [0.25, 0.3) is 0 Å². The molecule has 2 aliphatic rings. The molecule has 2 aliphatic carbocycles. The van der Waals surface area contributed by atoms with Gasteiger partial charge in [-0.25, -0.2) is 0 Å². The molecule has 8 nitrogen and oxygen atoms in total. The van der Waals surface area contributed by atoms with E-state index in [1.54, 1.807) is 24.3 Å². The van der Waals surface area contributed by atoms with Gasteiger partial charge in [0.15, 0.2) is 17.8 Å². The Balaban J connectivity index is -0.000000327. The highest BCUT2D eigenvalue weighted by Crippen LogP contribution is 2.17. The summed E-state index contributed by atoms with van der Waals surface area (Å²) >= 11 is 0. The predicted molar refractivity (Wildman–Crippen MR) is 109 cm³/mol. The van der Waals surface area contributed by atoms with Gasteiger partial charge in [0, 0.05) is 7.85 Å². The Morgan fingerprint density at radius 3 is 1.93 bits per heavy atom. The number of ketones is 1. The Labute approximate surface area is 173 Å². The molecule has 3 unspecified atom stereocenters. The summed E-state index contributed by atoms with van der Waals surface area (Å²) in [6, 6.07) is 6.74. The maximum Gasteiger partial charge on any atom is 1.00 e. The zero-order valence-electron chi connectivity index (χ0n) is 16.4. The standard InChI is InChI=1S/C5H10O2.2C5H6O2.C5H4O2.CH4.H2/c2*6-4-1-2-5(7)3-4;2*6-4-5-2-1-3-7-5;;/h4-7H,1-3H2;1-2,4,6H,3H2;1-3,6H,4H2;1-4H;1H4;1H/p+1. The van der Waals surface area contributed by atoms with Crippen molar-refractivity contribution in [1.29, 1.82) is 0 Å². The third-order valence-corrected chi connectivity index (χ3v) is 3.69. The van der Waals surface area contributed by atoms with Crippen molar-refractivity contribution in [1.82, 2.24) is 0 Å². The molecule has 4 rings (SSSR count). The van der Waals surface area contributed by atoms with Gasteiger partial charge < -0.3 is 29.3 Å². The number of hydrogen-bond donors (Lipinski definition) is 4. The molecule has 8 heteroatoms. The quantitative estimate of drug-likeness (QED) is 0.551. The minimum Gasteiger partial charge on any atom is -0.467 e. The van der Waals surface area contributed by atoms with Crippen LogP contribution in [0.3, 0.4) is 0 Å². The molecule has 0 spiro atoms. The molecular weight excluding hydrogens is 380 g/mol. The minimum absolute atomic E-state index is 0. The van der Waals surface area contributed by atoms with E-state index < -0.39 is 6.10 Å². The zero-order valence-corrected chi connectivity index (χ0v) is 15.4. The normalized spacial score (nSPS) is 21.5. The van der Waals surface area contributed by atoms with Crippen LogP contribution in [-0.4, -0.2) is 50.8 Å². The van der Waals surface area contributed by atoms with Crippen molar-refractivity contribution < 1.29 is 41.7 Å². The van der Waals surface area contributed by atoms with E-state index >= 15 is 0 Å². The molecule has 2 aromatic heterocycles. The number of carbonyl (C=O) groups is 2. The summed E-state index contributed by atoms with van der Waals surface area (Å²) in [6.07, 6.45) is 8.03. The lowest BCUT2D eigenvalue weighted by molar-refractivity contribution is -0.114. The number of hydrogen-bond acceptors (Lipinski definition) is 8. The largest absolute Gasteiger partial charge is 1.00 e. The van der Waals surface area contributed by atoms with Crippen LogP contribution < -0.4 is 0 Å². The van der Waals surface area contributed by atoms with Crippen molar-refractivity contribution >= 4 is 12.1 Å². The van der Waals surface area contributed by atoms with Gasteiger partial charge in [-0.2, -0.15) is 0 Å².